The average Bonchev–Trinajstić information content (AvgIpc) is 3.06. The third kappa shape index (κ3) is 2.37. The number of rotatable bonds is 2. The zero-order chi connectivity index (χ0) is 15.6. The van der Waals surface area contributed by atoms with Crippen LogP contribution in [0.4, 0.5) is 0 Å². The maximum absolute atomic E-state index is 8.90. The van der Waals surface area contributed by atoms with E-state index in [1.807, 2.05) is 42.5 Å². The fourth-order valence-corrected chi connectivity index (χ4v) is 2.72. The van der Waals surface area contributed by atoms with Crippen molar-refractivity contribution in [3.8, 4) is 28.6 Å². The van der Waals surface area contributed by atoms with Crippen LogP contribution in [0.15, 0.2) is 72.8 Å². The Kier molecular flexibility index (Phi) is 3.14. The molecule has 3 heteroatoms. The molecule has 0 spiro atoms. The van der Waals surface area contributed by atoms with Crippen molar-refractivity contribution in [1.29, 1.82) is 5.26 Å². The Balaban J connectivity index is 1.86. The second kappa shape index (κ2) is 5.43. The van der Waals surface area contributed by atoms with E-state index >= 15 is 0 Å². The Hall–Kier alpha value is -3.38. The molecule has 0 fully saturated rings. The highest BCUT2D eigenvalue weighted by atomic mass is 14.9. The van der Waals surface area contributed by atoms with Crippen molar-refractivity contribution in [3.63, 3.8) is 0 Å². The lowest BCUT2D eigenvalue weighted by Gasteiger charge is -2.01. The number of imidazole rings is 1. The molecule has 0 saturated heterocycles. The van der Waals surface area contributed by atoms with E-state index < -0.39 is 0 Å². The lowest BCUT2D eigenvalue weighted by Crippen LogP contribution is -1.81. The maximum atomic E-state index is 8.90. The zero-order valence-electron chi connectivity index (χ0n) is 12.3. The van der Waals surface area contributed by atoms with Crippen molar-refractivity contribution in [3.05, 3.63) is 78.4 Å². The zero-order valence-corrected chi connectivity index (χ0v) is 12.3. The normalized spacial score (nSPS) is 10.6. The third-order valence-electron chi connectivity index (χ3n) is 3.88. The number of nitrogens with one attached hydrogen (secondary N) is 1. The van der Waals surface area contributed by atoms with Crippen molar-refractivity contribution >= 4 is 11.0 Å². The number of fused-ring (bicyclic) bond motifs is 1. The van der Waals surface area contributed by atoms with Gasteiger partial charge in [0.25, 0.3) is 0 Å². The lowest BCUT2D eigenvalue weighted by atomic mass is 10.0. The Morgan fingerprint density at radius 3 is 2.30 bits per heavy atom. The van der Waals surface area contributed by atoms with Gasteiger partial charge >= 0.3 is 0 Å². The number of benzene rings is 3. The molecule has 108 valence electrons. The minimum absolute atomic E-state index is 0.648. The van der Waals surface area contributed by atoms with Gasteiger partial charge in [0, 0.05) is 11.1 Å². The molecule has 0 aliphatic rings. The molecule has 1 heterocycles. The number of hydrogen-bond acceptors (Lipinski definition) is 2. The summed E-state index contributed by atoms with van der Waals surface area (Å²) in [5.74, 6) is 0.813. The Labute approximate surface area is 133 Å². The summed E-state index contributed by atoms with van der Waals surface area (Å²) in [6, 6.07) is 26.0. The molecular weight excluding hydrogens is 282 g/mol. The number of aromatic amines is 1. The molecule has 4 rings (SSSR count). The third-order valence-corrected chi connectivity index (χ3v) is 3.88. The summed E-state index contributed by atoms with van der Waals surface area (Å²) in [4.78, 5) is 8.14. The first-order valence-corrected chi connectivity index (χ1v) is 7.40. The number of H-pyrrole nitrogens is 1. The van der Waals surface area contributed by atoms with Crippen LogP contribution >= 0.6 is 0 Å². The second-order valence-corrected chi connectivity index (χ2v) is 5.34. The number of nitrogens with zero attached hydrogens (tertiary/aromatic N) is 2. The van der Waals surface area contributed by atoms with Crippen LogP contribution < -0.4 is 0 Å². The fraction of sp³-hybridized carbons (Fsp3) is 0. The summed E-state index contributed by atoms with van der Waals surface area (Å²) >= 11 is 0. The maximum Gasteiger partial charge on any atom is 0.138 e. The topological polar surface area (TPSA) is 52.5 Å². The van der Waals surface area contributed by atoms with Crippen molar-refractivity contribution in [2.45, 2.75) is 0 Å². The van der Waals surface area contributed by atoms with E-state index in [1.54, 1.807) is 12.1 Å². The Morgan fingerprint density at radius 1 is 0.783 bits per heavy atom. The highest BCUT2D eigenvalue weighted by Gasteiger charge is 2.10. The van der Waals surface area contributed by atoms with Gasteiger partial charge in [-0.2, -0.15) is 5.26 Å². The minimum atomic E-state index is 0.648. The van der Waals surface area contributed by atoms with Crippen LogP contribution in [-0.2, 0) is 0 Å². The van der Waals surface area contributed by atoms with Gasteiger partial charge < -0.3 is 4.98 Å². The van der Waals surface area contributed by atoms with Gasteiger partial charge in [-0.15, -0.1) is 0 Å². The van der Waals surface area contributed by atoms with Gasteiger partial charge in [-0.1, -0.05) is 42.5 Å². The number of para-hydroxylation sites is 1. The molecule has 3 nitrogen and oxygen atoms in total. The van der Waals surface area contributed by atoms with Crippen LogP contribution in [0.3, 0.4) is 0 Å². The summed E-state index contributed by atoms with van der Waals surface area (Å²) in [6.45, 7) is 0. The van der Waals surface area contributed by atoms with Gasteiger partial charge in [-0.3, -0.25) is 0 Å². The molecule has 0 saturated carbocycles. The summed E-state index contributed by atoms with van der Waals surface area (Å²) < 4.78 is 0. The molecule has 0 amide bonds. The number of hydrogen-bond donors (Lipinski definition) is 1. The van der Waals surface area contributed by atoms with Crippen molar-refractivity contribution in [2.75, 3.05) is 0 Å². The second-order valence-electron chi connectivity index (χ2n) is 5.34. The number of nitriles is 1. The van der Waals surface area contributed by atoms with Gasteiger partial charge in [-0.25, -0.2) is 4.98 Å². The van der Waals surface area contributed by atoms with Crippen molar-refractivity contribution < 1.29 is 0 Å². The molecule has 0 aliphatic heterocycles. The molecule has 0 unspecified atom stereocenters. The smallest absolute Gasteiger partial charge is 0.138 e. The average molecular weight is 295 g/mol. The summed E-state index contributed by atoms with van der Waals surface area (Å²) in [6.07, 6.45) is 0. The highest BCUT2D eigenvalue weighted by Crippen LogP contribution is 2.29. The van der Waals surface area contributed by atoms with E-state index in [0.29, 0.717) is 5.56 Å². The van der Waals surface area contributed by atoms with Crippen molar-refractivity contribution in [1.82, 2.24) is 9.97 Å². The quantitative estimate of drug-likeness (QED) is 0.579. The van der Waals surface area contributed by atoms with Crippen LogP contribution in [0.5, 0.6) is 0 Å². The molecule has 0 bridgehead atoms. The molecular formula is C20H13N3. The molecule has 0 radical (unpaired) electrons. The largest absolute Gasteiger partial charge is 0.338 e. The molecule has 1 aromatic heterocycles. The molecule has 23 heavy (non-hydrogen) atoms. The van der Waals surface area contributed by atoms with Crippen LogP contribution in [0, 0.1) is 11.3 Å². The SMILES string of the molecule is N#Cc1ccc(-c2nc3c(-c4ccccc4)cccc3[nH]2)cc1. The Morgan fingerprint density at radius 2 is 1.57 bits per heavy atom. The predicted octanol–water partition coefficient (Wildman–Crippen LogP) is 4.77. The molecule has 0 atom stereocenters. The Bertz CT molecular complexity index is 1010. The van der Waals surface area contributed by atoms with Crippen LogP contribution in [0.2, 0.25) is 0 Å². The summed E-state index contributed by atoms with van der Waals surface area (Å²) in [5, 5.41) is 8.90. The van der Waals surface area contributed by atoms with E-state index in [4.69, 9.17) is 10.2 Å². The van der Waals surface area contributed by atoms with E-state index in [-0.39, 0.29) is 0 Å². The summed E-state index contributed by atoms with van der Waals surface area (Å²) in [5.41, 5.74) is 5.84. The standard InChI is InChI=1S/C20H13N3/c21-13-14-9-11-16(12-10-14)20-22-18-8-4-7-17(19(18)23-20)15-5-2-1-3-6-15/h1-12H,(H,22,23). The molecule has 0 aliphatic carbocycles. The van der Waals surface area contributed by atoms with Crippen LogP contribution in [0.1, 0.15) is 5.56 Å². The van der Waals surface area contributed by atoms with E-state index in [2.05, 4.69) is 29.3 Å². The van der Waals surface area contributed by atoms with Gasteiger partial charge in [0.1, 0.15) is 5.82 Å². The van der Waals surface area contributed by atoms with Crippen LogP contribution in [-0.4, -0.2) is 9.97 Å². The first kappa shape index (κ1) is 13.3. The van der Waals surface area contributed by atoms with E-state index in [1.165, 1.54) is 0 Å². The van der Waals surface area contributed by atoms with Gasteiger partial charge in [0.2, 0.25) is 0 Å². The predicted molar refractivity (Wildman–Crippen MR) is 91.7 cm³/mol. The number of aromatic nitrogens is 2. The summed E-state index contributed by atoms with van der Waals surface area (Å²) in [7, 11) is 0. The minimum Gasteiger partial charge on any atom is -0.338 e. The fourth-order valence-electron chi connectivity index (χ4n) is 2.72. The molecule has 4 aromatic rings. The van der Waals surface area contributed by atoms with Gasteiger partial charge in [0.05, 0.1) is 22.7 Å². The molecule has 3 aromatic carbocycles. The highest BCUT2D eigenvalue weighted by molar-refractivity contribution is 5.93. The monoisotopic (exact) mass is 295 g/mol. The van der Waals surface area contributed by atoms with Crippen molar-refractivity contribution in [2.24, 2.45) is 0 Å². The van der Waals surface area contributed by atoms with Gasteiger partial charge in [0.15, 0.2) is 0 Å². The molecule has 1 N–H and O–H groups in total. The lowest BCUT2D eigenvalue weighted by molar-refractivity contribution is 1.33. The van der Waals surface area contributed by atoms with E-state index in [9.17, 15) is 0 Å². The first-order chi connectivity index (χ1) is 11.3. The first-order valence-electron chi connectivity index (χ1n) is 7.40. The van der Waals surface area contributed by atoms with E-state index in [0.717, 1.165) is 33.5 Å². The van der Waals surface area contributed by atoms with Crippen LogP contribution in [0.25, 0.3) is 33.5 Å². The van der Waals surface area contributed by atoms with Gasteiger partial charge in [-0.05, 0) is 35.9 Å².